The minimum Gasteiger partial charge on any atom is -0.387 e. The molecule has 0 spiro atoms. The van der Waals surface area contributed by atoms with Gasteiger partial charge in [0, 0.05) is 5.41 Å². The molecule has 3 rings (SSSR count). The molecule has 1 aliphatic rings. The van der Waals surface area contributed by atoms with Gasteiger partial charge in [-0.2, -0.15) is 0 Å². The number of hydrogen-bond acceptors (Lipinski definition) is 1. The first-order chi connectivity index (χ1) is 9.26. The van der Waals surface area contributed by atoms with Gasteiger partial charge in [0.2, 0.25) is 0 Å². The van der Waals surface area contributed by atoms with E-state index in [1.165, 1.54) is 11.1 Å². The minimum atomic E-state index is -0.388. The molecule has 1 unspecified atom stereocenters. The van der Waals surface area contributed by atoms with E-state index in [0.717, 1.165) is 24.8 Å². The molecule has 0 saturated heterocycles. The van der Waals surface area contributed by atoms with E-state index in [0.29, 0.717) is 0 Å². The van der Waals surface area contributed by atoms with E-state index in [2.05, 4.69) is 49.4 Å². The smallest absolute Gasteiger partial charge is 0.0886 e. The third-order valence-electron chi connectivity index (χ3n) is 4.34. The fraction of sp³-hybridized carbons (Fsp3) is 0.333. The van der Waals surface area contributed by atoms with Crippen molar-refractivity contribution in [1.82, 2.24) is 0 Å². The van der Waals surface area contributed by atoms with Crippen LogP contribution in [-0.4, -0.2) is 5.11 Å². The van der Waals surface area contributed by atoms with Crippen LogP contribution in [0.25, 0.3) is 0 Å². The normalized spacial score (nSPS) is 18.0. The summed E-state index contributed by atoms with van der Waals surface area (Å²) in [6.07, 6.45) is 2.78. The van der Waals surface area contributed by atoms with Crippen LogP contribution in [0.5, 0.6) is 0 Å². The summed E-state index contributed by atoms with van der Waals surface area (Å²) < 4.78 is 0. The van der Waals surface area contributed by atoms with Gasteiger partial charge in [-0.25, -0.2) is 0 Å². The summed E-state index contributed by atoms with van der Waals surface area (Å²) in [6, 6.07) is 18.8. The van der Waals surface area contributed by atoms with Crippen molar-refractivity contribution in [2.75, 3.05) is 0 Å². The van der Waals surface area contributed by atoms with Crippen molar-refractivity contribution in [1.29, 1.82) is 0 Å². The molecule has 1 N–H and O–H groups in total. The van der Waals surface area contributed by atoms with Gasteiger partial charge in [-0.15, -0.1) is 0 Å². The van der Waals surface area contributed by atoms with E-state index in [-0.39, 0.29) is 11.5 Å². The highest BCUT2D eigenvalue weighted by molar-refractivity contribution is 5.38. The number of aryl methyl sites for hydroxylation is 1. The molecule has 98 valence electrons. The van der Waals surface area contributed by atoms with Crippen LogP contribution in [0.1, 0.15) is 42.6 Å². The molecular formula is C18H20O. The summed E-state index contributed by atoms with van der Waals surface area (Å²) in [5.74, 6) is 0. The van der Waals surface area contributed by atoms with Crippen LogP contribution in [0.4, 0.5) is 0 Å². The standard InChI is InChI=1S/C18H20O/c1-2-14-7-6-8-15(13-14)17(19)18(11-12-18)16-9-4-3-5-10-16/h3-10,13,17,19H,2,11-12H2,1H3. The fourth-order valence-corrected chi connectivity index (χ4v) is 2.93. The van der Waals surface area contributed by atoms with Crippen LogP contribution in [0.15, 0.2) is 54.6 Å². The van der Waals surface area contributed by atoms with E-state index in [1.807, 2.05) is 12.1 Å². The Kier molecular flexibility index (Phi) is 3.16. The molecule has 2 aromatic carbocycles. The fourth-order valence-electron chi connectivity index (χ4n) is 2.93. The van der Waals surface area contributed by atoms with Gasteiger partial charge < -0.3 is 5.11 Å². The number of aliphatic hydroxyl groups is 1. The van der Waals surface area contributed by atoms with Crippen molar-refractivity contribution < 1.29 is 5.11 Å². The molecule has 0 amide bonds. The van der Waals surface area contributed by atoms with Gasteiger partial charge in [-0.05, 0) is 36.0 Å². The Morgan fingerprint density at radius 2 is 1.79 bits per heavy atom. The summed E-state index contributed by atoms with van der Waals surface area (Å²) in [4.78, 5) is 0. The number of hydrogen-bond donors (Lipinski definition) is 1. The maximum atomic E-state index is 10.8. The van der Waals surface area contributed by atoms with Crippen molar-refractivity contribution >= 4 is 0 Å². The Morgan fingerprint density at radius 3 is 2.42 bits per heavy atom. The first-order valence-corrected chi connectivity index (χ1v) is 7.09. The zero-order valence-electron chi connectivity index (χ0n) is 11.3. The molecular weight excluding hydrogens is 232 g/mol. The van der Waals surface area contributed by atoms with Crippen LogP contribution < -0.4 is 0 Å². The molecule has 0 heterocycles. The van der Waals surface area contributed by atoms with E-state index in [1.54, 1.807) is 0 Å². The zero-order chi connectivity index (χ0) is 13.3. The molecule has 19 heavy (non-hydrogen) atoms. The molecule has 1 saturated carbocycles. The summed E-state index contributed by atoms with van der Waals surface area (Å²) in [7, 11) is 0. The Labute approximate surface area is 114 Å². The van der Waals surface area contributed by atoms with Crippen molar-refractivity contribution in [3.8, 4) is 0 Å². The number of benzene rings is 2. The highest BCUT2D eigenvalue weighted by atomic mass is 16.3. The number of rotatable bonds is 4. The first kappa shape index (κ1) is 12.4. The van der Waals surface area contributed by atoms with Crippen LogP contribution in [0, 0.1) is 0 Å². The van der Waals surface area contributed by atoms with Gasteiger partial charge in [-0.3, -0.25) is 0 Å². The second-order valence-corrected chi connectivity index (χ2v) is 5.52. The summed E-state index contributed by atoms with van der Waals surface area (Å²) in [6.45, 7) is 2.15. The minimum absolute atomic E-state index is 0.0480. The molecule has 2 aromatic rings. The van der Waals surface area contributed by atoms with Crippen molar-refractivity contribution in [2.24, 2.45) is 0 Å². The molecule has 0 bridgehead atoms. The molecule has 1 atom stereocenters. The van der Waals surface area contributed by atoms with E-state index >= 15 is 0 Å². The zero-order valence-corrected chi connectivity index (χ0v) is 11.3. The van der Waals surface area contributed by atoms with Gasteiger partial charge in [-0.1, -0.05) is 61.5 Å². The molecule has 0 aromatic heterocycles. The Morgan fingerprint density at radius 1 is 1.05 bits per heavy atom. The lowest BCUT2D eigenvalue weighted by atomic mass is 9.85. The summed E-state index contributed by atoms with van der Waals surface area (Å²) in [5.41, 5.74) is 3.57. The second kappa shape index (κ2) is 4.82. The van der Waals surface area contributed by atoms with Crippen molar-refractivity contribution in [2.45, 2.75) is 37.7 Å². The topological polar surface area (TPSA) is 20.2 Å². The van der Waals surface area contributed by atoms with Crippen molar-refractivity contribution in [3.05, 3.63) is 71.3 Å². The van der Waals surface area contributed by atoms with Crippen LogP contribution in [0.2, 0.25) is 0 Å². The maximum absolute atomic E-state index is 10.8. The molecule has 0 aliphatic heterocycles. The third-order valence-corrected chi connectivity index (χ3v) is 4.34. The Bertz CT molecular complexity index is 555. The van der Waals surface area contributed by atoms with E-state index < -0.39 is 0 Å². The molecule has 1 aliphatic carbocycles. The predicted octanol–water partition coefficient (Wildman–Crippen LogP) is 4.01. The molecule has 0 radical (unpaired) electrons. The largest absolute Gasteiger partial charge is 0.387 e. The van der Waals surface area contributed by atoms with Crippen molar-refractivity contribution in [3.63, 3.8) is 0 Å². The van der Waals surface area contributed by atoms with Crippen LogP contribution >= 0.6 is 0 Å². The highest BCUT2D eigenvalue weighted by Gasteiger charge is 2.50. The highest BCUT2D eigenvalue weighted by Crippen LogP contribution is 2.56. The Balaban J connectivity index is 1.93. The van der Waals surface area contributed by atoms with Crippen LogP contribution in [0.3, 0.4) is 0 Å². The SMILES string of the molecule is CCc1cccc(C(O)C2(c3ccccc3)CC2)c1. The third kappa shape index (κ3) is 2.19. The second-order valence-electron chi connectivity index (χ2n) is 5.52. The predicted molar refractivity (Wildman–Crippen MR) is 78.1 cm³/mol. The molecule has 1 fully saturated rings. The Hall–Kier alpha value is -1.60. The van der Waals surface area contributed by atoms with Gasteiger partial charge in [0.05, 0.1) is 6.10 Å². The molecule has 1 heteroatoms. The average molecular weight is 252 g/mol. The van der Waals surface area contributed by atoms with E-state index in [9.17, 15) is 5.11 Å². The lowest BCUT2D eigenvalue weighted by Crippen LogP contribution is -2.18. The molecule has 1 nitrogen and oxygen atoms in total. The average Bonchev–Trinajstić information content (AvgIpc) is 3.29. The lowest BCUT2D eigenvalue weighted by Gasteiger charge is -2.23. The summed E-state index contributed by atoms with van der Waals surface area (Å²) in [5, 5.41) is 10.8. The van der Waals surface area contributed by atoms with Crippen LogP contribution in [-0.2, 0) is 11.8 Å². The van der Waals surface area contributed by atoms with E-state index in [4.69, 9.17) is 0 Å². The maximum Gasteiger partial charge on any atom is 0.0886 e. The number of aliphatic hydroxyl groups excluding tert-OH is 1. The van der Waals surface area contributed by atoms with Gasteiger partial charge in [0.1, 0.15) is 0 Å². The van der Waals surface area contributed by atoms with Gasteiger partial charge >= 0.3 is 0 Å². The quantitative estimate of drug-likeness (QED) is 0.871. The van der Waals surface area contributed by atoms with Gasteiger partial charge in [0.25, 0.3) is 0 Å². The first-order valence-electron chi connectivity index (χ1n) is 7.09. The summed E-state index contributed by atoms with van der Waals surface area (Å²) >= 11 is 0. The van der Waals surface area contributed by atoms with Gasteiger partial charge in [0.15, 0.2) is 0 Å². The lowest BCUT2D eigenvalue weighted by molar-refractivity contribution is 0.133. The monoisotopic (exact) mass is 252 g/mol.